The zero-order valence-corrected chi connectivity index (χ0v) is 10.8. The highest BCUT2D eigenvalue weighted by molar-refractivity contribution is 7.89. The fourth-order valence-electron chi connectivity index (χ4n) is 1.84. The van der Waals surface area contributed by atoms with E-state index in [1.165, 1.54) is 10.5 Å². The second-order valence-corrected chi connectivity index (χ2v) is 6.14. The van der Waals surface area contributed by atoms with Gasteiger partial charge in [0.25, 0.3) is 10.0 Å². The normalized spacial score (nSPS) is 23.5. The molecule has 1 aliphatic heterocycles. The monoisotopic (exact) mass is 259 g/mol. The Hall–Kier alpha value is -0.920. The number of ether oxygens (including phenoxy) is 1. The molecule has 0 saturated carbocycles. The quantitative estimate of drug-likeness (QED) is 0.840. The first-order valence-electron chi connectivity index (χ1n) is 5.63. The molecule has 0 aromatic carbocycles. The van der Waals surface area contributed by atoms with E-state index in [0.717, 1.165) is 6.42 Å². The van der Waals surface area contributed by atoms with Crippen LogP contribution in [0.1, 0.15) is 19.2 Å². The van der Waals surface area contributed by atoms with Gasteiger partial charge in [-0.15, -0.1) is 0 Å². The van der Waals surface area contributed by atoms with E-state index in [-0.39, 0.29) is 11.1 Å². The van der Waals surface area contributed by atoms with Crippen molar-refractivity contribution in [1.82, 2.24) is 14.3 Å². The summed E-state index contributed by atoms with van der Waals surface area (Å²) in [6, 6.07) is 0. The number of nitrogens with one attached hydrogen (secondary N) is 1. The maximum atomic E-state index is 12.3. The van der Waals surface area contributed by atoms with Gasteiger partial charge in [0.05, 0.1) is 12.3 Å². The number of aromatic nitrogens is 2. The first kappa shape index (κ1) is 12.5. The molecule has 1 N–H and O–H groups in total. The lowest BCUT2D eigenvalue weighted by atomic mass is 10.4. The molecule has 1 aromatic heterocycles. The Morgan fingerprint density at radius 3 is 3.00 bits per heavy atom. The molecule has 2 heterocycles. The van der Waals surface area contributed by atoms with E-state index in [1.54, 1.807) is 6.92 Å². The van der Waals surface area contributed by atoms with Gasteiger partial charge >= 0.3 is 0 Å². The predicted molar refractivity (Wildman–Crippen MR) is 62.1 cm³/mol. The minimum Gasteiger partial charge on any atom is -0.377 e. The van der Waals surface area contributed by atoms with Crippen molar-refractivity contribution in [1.29, 1.82) is 0 Å². The molecule has 0 spiro atoms. The molecule has 0 bridgehead atoms. The molecule has 7 heteroatoms. The molecular formula is C10H17N3O3S. The average Bonchev–Trinajstić information content (AvgIpc) is 2.57. The highest BCUT2D eigenvalue weighted by Gasteiger charge is 2.29. The lowest BCUT2D eigenvalue weighted by Crippen LogP contribution is -2.36. The van der Waals surface area contributed by atoms with E-state index in [9.17, 15) is 8.42 Å². The number of H-pyrrole nitrogens is 1. The van der Waals surface area contributed by atoms with Gasteiger partial charge in [0.2, 0.25) is 0 Å². The van der Waals surface area contributed by atoms with E-state index in [2.05, 4.69) is 9.97 Å². The summed E-state index contributed by atoms with van der Waals surface area (Å²) in [7, 11) is -3.46. The van der Waals surface area contributed by atoms with E-state index in [4.69, 9.17) is 4.74 Å². The second-order valence-electron chi connectivity index (χ2n) is 4.23. The van der Waals surface area contributed by atoms with Gasteiger partial charge in [-0.2, -0.15) is 4.31 Å². The smallest absolute Gasteiger partial charge is 0.260 e. The fourth-order valence-corrected chi connectivity index (χ4v) is 3.36. The van der Waals surface area contributed by atoms with Crippen LogP contribution in [0.3, 0.4) is 0 Å². The van der Waals surface area contributed by atoms with Crippen molar-refractivity contribution in [3.8, 4) is 0 Å². The van der Waals surface area contributed by atoms with Crippen LogP contribution in [-0.2, 0) is 14.8 Å². The molecule has 96 valence electrons. The van der Waals surface area contributed by atoms with Crippen molar-refractivity contribution in [2.75, 3.05) is 19.7 Å². The number of hydrogen-bond acceptors (Lipinski definition) is 4. The Morgan fingerprint density at radius 1 is 1.59 bits per heavy atom. The molecule has 1 fully saturated rings. The first-order chi connectivity index (χ1) is 8.00. The van der Waals surface area contributed by atoms with Gasteiger partial charge in [-0.05, 0) is 20.3 Å². The van der Waals surface area contributed by atoms with Gasteiger partial charge in [0.1, 0.15) is 5.82 Å². The van der Waals surface area contributed by atoms with E-state index >= 15 is 0 Å². The third-order valence-electron chi connectivity index (χ3n) is 2.71. The number of rotatable bonds is 2. The van der Waals surface area contributed by atoms with Crippen LogP contribution in [0.15, 0.2) is 11.2 Å². The lowest BCUT2D eigenvalue weighted by Gasteiger charge is -2.20. The molecule has 0 amide bonds. The zero-order chi connectivity index (χ0) is 12.5. The van der Waals surface area contributed by atoms with Gasteiger partial charge in [0, 0.05) is 19.7 Å². The van der Waals surface area contributed by atoms with Crippen molar-refractivity contribution in [3.63, 3.8) is 0 Å². The van der Waals surface area contributed by atoms with E-state index in [1.807, 2.05) is 6.92 Å². The molecule has 1 saturated heterocycles. The Bertz CT molecular complexity index is 483. The molecular weight excluding hydrogens is 242 g/mol. The van der Waals surface area contributed by atoms with Gasteiger partial charge in [-0.1, -0.05) is 0 Å². The Balaban J connectivity index is 2.25. The summed E-state index contributed by atoms with van der Waals surface area (Å²) in [5.41, 5.74) is 0. The molecule has 0 radical (unpaired) electrons. The summed E-state index contributed by atoms with van der Waals surface area (Å²) in [5.74, 6) is 0.600. The second kappa shape index (κ2) is 4.75. The summed E-state index contributed by atoms with van der Waals surface area (Å²) in [6.07, 6.45) is 2.01. The molecule has 1 aliphatic rings. The maximum Gasteiger partial charge on any atom is 0.260 e. The standard InChI is InChI=1S/C10H17N3O3S/c1-8-7-13(4-3-5-16-8)17(14,15)10-6-11-9(2)12-10/h6,8H,3-5,7H2,1-2H3,(H,11,12). The van der Waals surface area contributed by atoms with Crippen LogP contribution >= 0.6 is 0 Å². The molecule has 1 aromatic rings. The van der Waals surface area contributed by atoms with Crippen LogP contribution in [-0.4, -0.2) is 48.5 Å². The SMILES string of the molecule is Cc1ncc(S(=O)(=O)N2CCCOC(C)C2)[nH]1. The van der Waals surface area contributed by atoms with Crippen LogP contribution in [0.2, 0.25) is 0 Å². The van der Waals surface area contributed by atoms with E-state index < -0.39 is 10.0 Å². The molecule has 2 rings (SSSR count). The summed E-state index contributed by atoms with van der Waals surface area (Å²) >= 11 is 0. The van der Waals surface area contributed by atoms with Crippen molar-refractivity contribution < 1.29 is 13.2 Å². The summed E-state index contributed by atoms with van der Waals surface area (Å²) in [4.78, 5) is 6.69. The molecule has 0 aliphatic carbocycles. The van der Waals surface area contributed by atoms with Crippen molar-refractivity contribution in [2.24, 2.45) is 0 Å². The van der Waals surface area contributed by atoms with Crippen LogP contribution in [0.25, 0.3) is 0 Å². The number of imidazole rings is 1. The molecule has 6 nitrogen and oxygen atoms in total. The highest BCUT2D eigenvalue weighted by Crippen LogP contribution is 2.17. The minimum atomic E-state index is -3.46. The zero-order valence-electron chi connectivity index (χ0n) is 10.0. The van der Waals surface area contributed by atoms with Crippen molar-refractivity contribution in [2.45, 2.75) is 31.4 Å². The number of aryl methyl sites for hydroxylation is 1. The average molecular weight is 259 g/mol. The van der Waals surface area contributed by atoms with Crippen molar-refractivity contribution >= 4 is 10.0 Å². The summed E-state index contributed by atoms with van der Waals surface area (Å²) < 4.78 is 31.5. The number of nitrogens with zero attached hydrogens (tertiary/aromatic N) is 2. The van der Waals surface area contributed by atoms with Crippen LogP contribution < -0.4 is 0 Å². The van der Waals surface area contributed by atoms with Gasteiger partial charge in [0.15, 0.2) is 5.03 Å². The topological polar surface area (TPSA) is 75.3 Å². The first-order valence-corrected chi connectivity index (χ1v) is 7.07. The Morgan fingerprint density at radius 2 is 2.35 bits per heavy atom. The van der Waals surface area contributed by atoms with Gasteiger partial charge in [-0.25, -0.2) is 13.4 Å². The van der Waals surface area contributed by atoms with Gasteiger partial charge < -0.3 is 9.72 Å². The van der Waals surface area contributed by atoms with Crippen LogP contribution in [0.5, 0.6) is 0 Å². The maximum absolute atomic E-state index is 12.3. The van der Waals surface area contributed by atoms with Crippen LogP contribution in [0, 0.1) is 6.92 Å². The largest absolute Gasteiger partial charge is 0.377 e. The van der Waals surface area contributed by atoms with Gasteiger partial charge in [-0.3, -0.25) is 0 Å². The third kappa shape index (κ3) is 2.67. The predicted octanol–water partition coefficient (Wildman–Crippen LogP) is 0.518. The summed E-state index contributed by atoms with van der Waals surface area (Å²) in [6.45, 7) is 5.10. The third-order valence-corrected chi connectivity index (χ3v) is 4.49. The molecule has 17 heavy (non-hydrogen) atoms. The highest BCUT2D eigenvalue weighted by atomic mass is 32.2. The minimum absolute atomic E-state index is 0.0729. The Kier molecular flexibility index (Phi) is 3.50. The lowest BCUT2D eigenvalue weighted by molar-refractivity contribution is 0.0752. The number of sulfonamides is 1. The molecule has 1 unspecified atom stereocenters. The van der Waals surface area contributed by atoms with E-state index in [0.29, 0.717) is 25.5 Å². The summed E-state index contributed by atoms with van der Waals surface area (Å²) in [5, 5.41) is 0.157. The van der Waals surface area contributed by atoms with Crippen LogP contribution in [0.4, 0.5) is 0 Å². The fraction of sp³-hybridized carbons (Fsp3) is 0.700. The number of aromatic amines is 1. The van der Waals surface area contributed by atoms with Crippen molar-refractivity contribution in [3.05, 3.63) is 12.0 Å². The number of hydrogen-bond donors (Lipinski definition) is 1. The Labute approximate surface area is 101 Å². The molecule has 1 atom stereocenters.